The molecule has 0 heterocycles. The van der Waals surface area contributed by atoms with Gasteiger partial charge in [0.15, 0.2) is 0 Å². The van der Waals surface area contributed by atoms with Crippen LogP contribution in [0.3, 0.4) is 0 Å². The quantitative estimate of drug-likeness (QED) is 0.770. The Morgan fingerprint density at radius 3 is 2.92 bits per heavy atom. The summed E-state index contributed by atoms with van der Waals surface area (Å²) >= 11 is 2.96. The molecule has 0 bridgehead atoms. The monoisotopic (exact) mass is 239 g/mol. The van der Waals surface area contributed by atoms with Crippen LogP contribution in [0.15, 0.2) is 22.7 Å². The van der Waals surface area contributed by atoms with E-state index in [9.17, 15) is 4.39 Å². The topological polar surface area (TPSA) is 9.23 Å². The Hall–Kier alpha value is -0.570. The van der Waals surface area contributed by atoms with E-state index in [1.165, 1.54) is 6.07 Å². The Kier molecular flexibility index (Phi) is 1.19. The molecule has 0 aromatic heterocycles. The maximum Gasteiger partial charge on any atom is 0.128 e. The summed E-state index contributed by atoms with van der Waals surface area (Å²) in [5.74, 6) is -1.10. The van der Waals surface area contributed by atoms with Crippen molar-refractivity contribution in [2.24, 2.45) is 0 Å². The van der Waals surface area contributed by atoms with Gasteiger partial charge in [0.2, 0.25) is 0 Å². The Morgan fingerprint density at radius 2 is 2.33 bits per heavy atom. The maximum atomic E-state index is 13.1. The minimum Gasteiger partial charge on any atom is -0.491 e. The van der Waals surface area contributed by atoms with Gasteiger partial charge in [-0.05, 0) is 25.8 Å². The number of halogens is 2. The van der Waals surface area contributed by atoms with Gasteiger partial charge in [-0.1, -0.05) is 15.9 Å². The first-order valence-electron chi connectivity index (χ1n) is 6.52. The number of rotatable bonds is 2. The third-order valence-corrected chi connectivity index (χ3v) is 1.51. The number of hydrogen-bond donors (Lipinski definition) is 0. The Morgan fingerprint density at radius 1 is 1.58 bits per heavy atom. The summed E-state index contributed by atoms with van der Waals surface area (Å²) in [7, 11) is 0. The van der Waals surface area contributed by atoms with Crippen LogP contribution in [0.1, 0.15) is 23.3 Å². The zero-order valence-electron chi connectivity index (χ0n) is 12.9. The summed E-state index contributed by atoms with van der Waals surface area (Å²) in [6, 6.07) is 3.08. The van der Waals surface area contributed by atoms with Crippen molar-refractivity contribution in [3.8, 4) is 5.75 Å². The lowest BCUT2D eigenvalue weighted by Crippen LogP contribution is -2.05. The van der Waals surface area contributed by atoms with Crippen molar-refractivity contribution in [1.82, 2.24) is 0 Å². The van der Waals surface area contributed by atoms with Gasteiger partial charge in [-0.3, -0.25) is 0 Å². The van der Waals surface area contributed by atoms with Crippen LogP contribution in [0.5, 0.6) is 5.75 Å². The molecule has 0 fully saturated rings. The molecule has 0 unspecified atom stereocenters. The normalized spacial score (nSPS) is 22.0. The van der Waals surface area contributed by atoms with Crippen molar-refractivity contribution in [3.63, 3.8) is 0 Å². The highest BCUT2D eigenvalue weighted by atomic mass is 79.9. The second-order valence-corrected chi connectivity index (χ2v) is 2.95. The van der Waals surface area contributed by atoms with Gasteiger partial charge in [0.25, 0.3) is 0 Å². The van der Waals surface area contributed by atoms with Crippen LogP contribution < -0.4 is 4.74 Å². The number of ether oxygens (including phenoxy) is 1. The molecule has 1 aromatic rings. The molecule has 0 radical (unpaired) electrons. The molecule has 1 nitrogen and oxygen atoms in total. The van der Waals surface area contributed by atoms with Crippen molar-refractivity contribution < 1.29 is 18.7 Å². The van der Waals surface area contributed by atoms with E-state index in [0.29, 0.717) is 0 Å². The molecular weight excluding hydrogens is 223 g/mol. The smallest absolute Gasteiger partial charge is 0.128 e. The SMILES string of the molecule is [2H]C([2H])([2H])C([2H])(Oc1cc(F)cc(Br)c1)C([2H])([2H])[2H]. The summed E-state index contributed by atoms with van der Waals surface area (Å²) in [4.78, 5) is 0. The third-order valence-electron chi connectivity index (χ3n) is 1.06. The summed E-state index contributed by atoms with van der Waals surface area (Å²) in [5.41, 5.74) is 0. The van der Waals surface area contributed by atoms with Crippen LogP contribution in [0.2, 0.25) is 0 Å². The first-order valence-corrected chi connectivity index (χ1v) is 3.81. The van der Waals surface area contributed by atoms with Crippen molar-refractivity contribution in [1.29, 1.82) is 0 Å². The zero-order valence-corrected chi connectivity index (χ0v) is 7.48. The first kappa shape index (κ1) is 3.66. The van der Waals surface area contributed by atoms with Crippen LogP contribution in [0.4, 0.5) is 4.39 Å². The molecule has 0 aliphatic carbocycles. The maximum absolute atomic E-state index is 13.1. The largest absolute Gasteiger partial charge is 0.491 e. The number of hydrogen-bond acceptors (Lipinski definition) is 1. The molecule has 0 saturated heterocycles. The highest BCUT2D eigenvalue weighted by molar-refractivity contribution is 9.10. The molecule has 0 amide bonds. The van der Waals surface area contributed by atoms with E-state index in [4.69, 9.17) is 14.3 Å². The Labute approximate surface area is 89.5 Å². The molecule has 0 spiro atoms. The van der Waals surface area contributed by atoms with Crippen LogP contribution in [0, 0.1) is 5.82 Å². The molecule has 0 aliphatic rings. The first-order chi connectivity index (χ1) is 8.37. The Bertz CT molecular complexity index is 436. The molecule has 0 saturated carbocycles. The minimum atomic E-state index is -3.23. The van der Waals surface area contributed by atoms with E-state index in [1.54, 1.807) is 0 Å². The molecule has 0 N–H and O–H groups in total. The van der Waals surface area contributed by atoms with Gasteiger partial charge >= 0.3 is 0 Å². The van der Waals surface area contributed by atoms with Crippen molar-refractivity contribution in [2.75, 3.05) is 0 Å². The average Bonchev–Trinajstić information content (AvgIpc) is 2.11. The molecule has 66 valence electrons. The van der Waals surface area contributed by atoms with Crippen LogP contribution in [-0.4, -0.2) is 6.08 Å². The van der Waals surface area contributed by atoms with Gasteiger partial charge in [0.1, 0.15) is 11.6 Å². The lowest BCUT2D eigenvalue weighted by atomic mass is 10.3. The molecule has 0 aliphatic heterocycles. The minimum absolute atomic E-state index is 0.237. The van der Waals surface area contributed by atoms with E-state index in [2.05, 4.69) is 15.9 Å². The van der Waals surface area contributed by atoms with Crippen molar-refractivity contribution >= 4 is 15.9 Å². The molecule has 1 aromatic carbocycles. The summed E-state index contributed by atoms with van der Waals surface area (Å²) in [6.07, 6.45) is -3.17. The van der Waals surface area contributed by atoms with E-state index >= 15 is 0 Å². The van der Waals surface area contributed by atoms with Crippen LogP contribution in [-0.2, 0) is 0 Å². The molecule has 0 atom stereocenters. The average molecular weight is 240 g/mol. The summed E-state index contributed by atoms with van der Waals surface area (Å²) in [5, 5.41) is 0. The highest BCUT2D eigenvalue weighted by Gasteiger charge is 2.01. The molecule has 12 heavy (non-hydrogen) atoms. The third kappa shape index (κ3) is 2.81. The fraction of sp³-hybridized carbons (Fsp3) is 0.333. The fourth-order valence-corrected chi connectivity index (χ4v) is 1.15. The lowest BCUT2D eigenvalue weighted by Gasteiger charge is -2.09. The summed E-state index contributed by atoms with van der Waals surface area (Å²) in [6.45, 7) is -6.45. The van der Waals surface area contributed by atoms with Gasteiger partial charge in [-0.15, -0.1) is 0 Å². The predicted molar refractivity (Wildman–Crippen MR) is 49.9 cm³/mol. The second kappa shape index (κ2) is 3.90. The van der Waals surface area contributed by atoms with E-state index in [0.717, 1.165) is 12.1 Å². The standard InChI is InChI=1S/C9H10BrFO/c1-6(2)12-9-4-7(10)3-8(11)5-9/h3-6H,1-2H3/i1D3,2D3,6D. The predicted octanol–water partition coefficient (Wildman–Crippen LogP) is 3.38. The van der Waals surface area contributed by atoms with Crippen LogP contribution in [0.25, 0.3) is 0 Å². The zero-order chi connectivity index (χ0) is 15.1. The van der Waals surface area contributed by atoms with E-state index < -0.39 is 25.6 Å². The van der Waals surface area contributed by atoms with Crippen LogP contribution >= 0.6 is 15.9 Å². The van der Waals surface area contributed by atoms with Gasteiger partial charge in [-0.25, -0.2) is 4.39 Å². The van der Waals surface area contributed by atoms with Gasteiger partial charge in [0.05, 0.1) is 7.45 Å². The molecular formula is C9H10BrFO. The van der Waals surface area contributed by atoms with Gasteiger partial charge < -0.3 is 4.74 Å². The summed E-state index contributed by atoms with van der Waals surface area (Å²) < 4.78 is 68.7. The van der Waals surface area contributed by atoms with E-state index in [-0.39, 0.29) is 10.2 Å². The van der Waals surface area contributed by atoms with Crippen molar-refractivity contribution in [2.45, 2.75) is 19.8 Å². The molecule has 1 rings (SSSR count). The highest BCUT2D eigenvalue weighted by Crippen LogP contribution is 2.21. The van der Waals surface area contributed by atoms with E-state index in [1.807, 2.05) is 0 Å². The fourth-order valence-electron chi connectivity index (χ4n) is 0.705. The number of benzene rings is 1. The van der Waals surface area contributed by atoms with Crippen molar-refractivity contribution in [3.05, 3.63) is 28.5 Å². The lowest BCUT2D eigenvalue weighted by molar-refractivity contribution is 0.241. The van der Waals surface area contributed by atoms with Gasteiger partial charge in [-0.2, -0.15) is 0 Å². The van der Waals surface area contributed by atoms with Gasteiger partial charge in [0, 0.05) is 18.8 Å². The second-order valence-electron chi connectivity index (χ2n) is 2.04. The Balaban J connectivity index is 3.23. The molecule has 3 heteroatoms.